The molecule has 0 aromatic carbocycles. The van der Waals surface area contributed by atoms with Gasteiger partial charge in [0.15, 0.2) is 0 Å². The molecule has 0 saturated carbocycles. The smallest absolute Gasteiger partial charge is 0.317 e. The molecular formula is C11H21N3O3. The van der Waals surface area contributed by atoms with Crippen LogP contribution in [0.1, 0.15) is 26.2 Å². The number of carboxylic acids is 1. The molecule has 1 aliphatic heterocycles. The SMILES string of the molecule is CC1CC(C(=O)O)CCN1C(=O)NCCCN. The lowest BCUT2D eigenvalue weighted by Crippen LogP contribution is -2.50. The summed E-state index contributed by atoms with van der Waals surface area (Å²) in [4.78, 5) is 24.3. The Bertz CT molecular complexity index is 283. The highest BCUT2D eigenvalue weighted by Crippen LogP contribution is 2.22. The number of hydrogen-bond donors (Lipinski definition) is 3. The minimum atomic E-state index is -0.764. The molecule has 1 heterocycles. The van der Waals surface area contributed by atoms with Gasteiger partial charge in [0.25, 0.3) is 0 Å². The first-order valence-electron chi connectivity index (χ1n) is 6.03. The Morgan fingerprint density at radius 1 is 1.53 bits per heavy atom. The normalized spacial score (nSPS) is 24.5. The number of rotatable bonds is 4. The molecule has 1 saturated heterocycles. The summed E-state index contributed by atoms with van der Waals surface area (Å²) in [6.07, 6.45) is 1.81. The second kappa shape index (κ2) is 6.44. The Balaban J connectivity index is 2.40. The molecule has 0 aromatic rings. The Labute approximate surface area is 101 Å². The lowest BCUT2D eigenvalue weighted by Gasteiger charge is -2.36. The van der Waals surface area contributed by atoms with Crippen molar-refractivity contribution in [1.82, 2.24) is 10.2 Å². The Kier molecular flexibility index (Phi) is 5.21. The van der Waals surface area contributed by atoms with E-state index in [4.69, 9.17) is 10.8 Å². The van der Waals surface area contributed by atoms with Crippen LogP contribution in [0.3, 0.4) is 0 Å². The zero-order valence-corrected chi connectivity index (χ0v) is 10.2. The summed E-state index contributed by atoms with van der Waals surface area (Å²) >= 11 is 0. The molecule has 2 atom stereocenters. The Hall–Kier alpha value is -1.30. The van der Waals surface area contributed by atoms with Gasteiger partial charge < -0.3 is 21.1 Å². The zero-order valence-electron chi connectivity index (χ0n) is 10.2. The van der Waals surface area contributed by atoms with Gasteiger partial charge in [0.2, 0.25) is 0 Å². The van der Waals surface area contributed by atoms with Crippen molar-refractivity contribution in [2.75, 3.05) is 19.6 Å². The predicted octanol–water partition coefficient (Wildman–Crippen LogP) is 0.230. The van der Waals surface area contributed by atoms with Crippen molar-refractivity contribution in [2.24, 2.45) is 11.7 Å². The first-order chi connectivity index (χ1) is 8.06. The number of carbonyl (C=O) groups is 2. The van der Waals surface area contributed by atoms with E-state index >= 15 is 0 Å². The summed E-state index contributed by atoms with van der Waals surface area (Å²) in [6, 6.07) is -0.141. The molecule has 0 bridgehead atoms. The van der Waals surface area contributed by atoms with Crippen LogP contribution in [0.5, 0.6) is 0 Å². The van der Waals surface area contributed by atoms with Crippen LogP contribution in [0.25, 0.3) is 0 Å². The van der Waals surface area contributed by atoms with E-state index in [0.29, 0.717) is 32.5 Å². The van der Waals surface area contributed by atoms with E-state index in [0.717, 1.165) is 6.42 Å². The lowest BCUT2D eigenvalue weighted by molar-refractivity contribution is -0.143. The quantitative estimate of drug-likeness (QED) is 0.616. The Morgan fingerprint density at radius 3 is 2.76 bits per heavy atom. The van der Waals surface area contributed by atoms with Crippen molar-refractivity contribution in [2.45, 2.75) is 32.2 Å². The van der Waals surface area contributed by atoms with E-state index in [1.165, 1.54) is 0 Å². The van der Waals surface area contributed by atoms with Crippen LogP contribution in [0.4, 0.5) is 4.79 Å². The second-order valence-electron chi connectivity index (χ2n) is 4.48. The number of likely N-dealkylation sites (tertiary alicyclic amines) is 1. The predicted molar refractivity (Wildman–Crippen MR) is 63.6 cm³/mol. The van der Waals surface area contributed by atoms with E-state index in [9.17, 15) is 9.59 Å². The molecule has 0 aromatic heterocycles. The number of carbonyl (C=O) groups excluding carboxylic acids is 1. The molecule has 6 heteroatoms. The van der Waals surface area contributed by atoms with Crippen LogP contribution in [0.2, 0.25) is 0 Å². The molecule has 0 spiro atoms. The highest BCUT2D eigenvalue weighted by molar-refractivity contribution is 5.75. The fourth-order valence-corrected chi connectivity index (χ4v) is 2.10. The maximum Gasteiger partial charge on any atom is 0.317 e. The fourth-order valence-electron chi connectivity index (χ4n) is 2.10. The van der Waals surface area contributed by atoms with Crippen molar-refractivity contribution in [3.63, 3.8) is 0 Å². The first kappa shape index (κ1) is 13.8. The molecule has 1 rings (SSSR count). The van der Waals surface area contributed by atoms with Gasteiger partial charge in [-0.2, -0.15) is 0 Å². The summed E-state index contributed by atoms with van der Waals surface area (Å²) in [5.74, 6) is -1.09. The molecule has 4 N–H and O–H groups in total. The van der Waals surface area contributed by atoms with Gasteiger partial charge >= 0.3 is 12.0 Å². The molecule has 1 aliphatic rings. The largest absolute Gasteiger partial charge is 0.481 e. The number of hydrogen-bond acceptors (Lipinski definition) is 3. The second-order valence-corrected chi connectivity index (χ2v) is 4.48. The van der Waals surface area contributed by atoms with Crippen molar-refractivity contribution in [3.05, 3.63) is 0 Å². The van der Waals surface area contributed by atoms with Gasteiger partial charge in [-0.1, -0.05) is 0 Å². The third kappa shape index (κ3) is 3.89. The van der Waals surface area contributed by atoms with Crippen molar-refractivity contribution in [1.29, 1.82) is 0 Å². The van der Waals surface area contributed by atoms with E-state index in [1.54, 1.807) is 4.90 Å². The summed E-state index contributed by atoms with van der Waals surface area (Å²) in [7, 11) is 0. The highest BCUT2D eigenvalue weighted by Gasteiger charge is 2.31. The number of nitrogens with zero attached hydrogens (tertiary/aromatic N) is 1. The summed E-state index contributed by atoms with van der Waals surface area (Å²) in [5, 5.41) is 11.7. The number of aliphatic carboxylic acids is 1. The third-order valence-corrected chi connectivity index (χ3v) is 3.14. The van der Waals surface area contributed by atoms with Gasteiger partial charge in [0.1, 0.15) is 0 Å². The monoisotopic (exact) mass is 243 g/mol. The van der Waals surface area contributed by atoms with Crippen LogP contribution < -0.4 is 11.1 Å². The van der Waals surface area contributed by atoms with Gasteiger partial charge in [0, 0.05) is 19.1 Å². The van der Waals surface area contributed by atoms with Crippen LogP contribution in [0.15, 0.2) is 0 Å². The minimum Gasteiger partial charge on any atom is -0.481 e. The summed E-state index contributed by atoms with van der Waals surface area (Å²) in [6.45, 7) is 3.52. The number of nitrogens with two attached hydrogens (primary N) is 1. The molecule has 0 radical (unpaired) electrons. The van der Waals surface area contributed by atoms with Crippen LogP contribution in [-0.4, -0.2) is 47.7 Å². The van der Waals surface area contributed by atoms with Crippen molar-refractivity contribution >= 4 is 12.0 Å². The molecule has 1 fully saturated rings. The van der Waals surface area contributed by atoms with Gasteiger partial charge in [-0.05, 0) is 32.7 Å². The molecule has 6 nitrogen and oxygen atoms in total. The zero-order chi connectivity index (χ0) is 12.8. The standard InChI is InChI=1S/C11H21N3O3/c1-8-7-9(10(15)16)3-6-14(8)11(17)13-5-2-4-12/h8-9H,2-7,12H2,1H3,(H,13,17)(H,15,16). The fraction of sp³-hybridized carbons (Fsp3) is 0.818. The number of piperidine rings is 1. The third-order valence-electron chi connectivity index (χ3n) is 3.14. The molecule has 17 heavy (non-hydrogen) atoms. The molecule has 98 valence electrons. The van der Waals surface area contributed by atoms with Gasteiger partial charge in [-0.25, -0.2) is 4.79 Å². The first-order valence-corrected chi connectivity index (χ1v) is 6.03. The number of nitrogens with one attached hydrogen (secondary N) is 1. The van der Waals surface area contributed by atoms with Crippen molar-refractivity contribution < 1.29 is 14.7 Å². The highest BCUT2D eigenvalue weighted by atomic mass is 16.4. The molecule has 2 amide bonds. The average molecular weight is 243 g/mol. The van der Waals surface area contributed by atoms with Crippen LogP contribution >= 0.6 is 0 Å². The molecule has 2 unspecified atom stereocenters. The lowest BCUT2D eigenvalue weighted by atomic mass is 9.92. The molecule has 0 aliphatic carbocycles. The minimum absolute atomic E-state index is 0.0253. The summed E-state index contributed by atoms with van der Waals surface area (Å²) < 4.78 is 0. The topological polar surface area (TPSA) is 95.7 Å². The van der Waals surface area contributed by atoms with E-state index in [-0.39, 0.29) is 18.0 Å². The maximum atomic E-state index is 11.8. The van der Waals surface area contributed by atoms with E-state index < -0.39 is 5.97 Å². The maximum absolute atomic E-state index is 11.8. The van der Waals surface area contributed by atoms with Crippen LogP contribution in [0, 0.1) is 5.92 Å². The van der Waals surface area contributed by atoms with E-state index in [1.807, 2.05) is 6.92 Å². The van der Waals surface area contributed by atoms with Crippen LogP contribution in [-0.2, 0) is 4.79 Å². The van der Waals surface area contributed by atoms with Gasteiger partial charge in [-0.3, -0.25) is 4.79 Å². The Morgan fingerprint density at radius 2 is 2.24 bits per heavy atom. The van der Waals surface area contributed by atoms with E-state index in [2.05, 4.69) is 5.32 Å². The van der Waals surface area contributed by atoms with Crippen molar-refractivity contribution in [3.8, 4) is 0 Å². The van der Waals surface area contributed by atoms with Gasteiger partial charge in [-0.15, -0.1) is 0 Å². The number of carboxylic acid groups (broad SMARTS) is 1. The number of urea groups is 1. The summed E-state index contributed by atoms with van der Waals surface area (Å²) in [5.41, 5.74) is 5.34. The number of amides is 2. The molecular weight excluding hydrogens is 222 g/mol. The van der Waals surface area contributed by atoms with Gasteiger partial charge in [0.05, 0.1) is 5.92 Å². The average Bonchev–Trinajstić information content (AvgIpc) is 2.28.